The van der Waals surface area contributed by atoms with E-state index in [1.165, 1.54) is 24.0 Å². The zero-order valence-corrected chi connectivity index (χ0v) is 9.53. The lowest BCUT2D eigenvalue weighted by Crippen LogP contribution is -2.30. The number of hydrogen-bond acceptors (Lipinski definition) is 2. The maximum absolute atomic E-state index is 10.9. The van der Waals surface area contributed by atoms with Crippen molar-refractivity contribution in [2.75, 3.05) is 0 Å². The molecule has 0 saturated carbocycles. The molecule has 16 heavy (non-hydrogen) atoms. The van der Waals surface area contributed by atoms with Crippen molar-refractivity contribution < 1.29 is 9.53 Å². The smallest absolute Gasteiger partial charge is 0.258 e. The van der Waals surface area contributed by atoms with Crippen LogP contribution in [0.1, 0.15) is 30.9 Å². The quantitative estimate of drug-likeness (QED) is 0.843. The van der Waals surface area contributed by atoms with E-state index in [0.29, 0.717) is 0 Å². The van der Waals surface area contributed by atoms with Crippen LogP contribution in [0.2, 0.25) is 0 Å². The second kappa shape index (κ2) is 4.56. The molecule has 0 spiro atoms. The van der Waals surface area contributed by atoms with E-state index in [0.717, 1.165) is 18.6 Å². The predicted molar refractivity (Wildman–Crippen MR) is 62.4 cm³/mol. The van der Waals surface area contributed by atoms with E-state index in [2.05, 4.69) is 6.07 Å². The van der Waals surface area contributed by atoms with Crippen LogP contribution in [0.25, 0.3) is 0 Å². The van der Waals surface area contributed by atoms with Crippen molar-refractivity contribution in [1.29, 1.82) is 0 Å². The first kappa shape index (κ1) is 11.0. The van der Waals surface area contributed by atoms with Gasteiger partial charge in [0.15, 0.2) is 6.10 Å². The molecule has 1 atom stereocenters. The number of carbonyl (C=O) groups is 1. The van der Waals surface area contributed by atoms with E-state index < -0.39 is 12.0 Å². The molecular formula is C13H17NO2. The fraction of sp³-hybridized carbons (Fsp3) is 0.462. The van der Waals surface area contributed by atoms with Gasteiger partial charge in [0.2, 0.25) is 0 Å². The Labute approximate surface area is 95.6 Å². The molecule has 1 aliphatic carbocycles. The van der Waals surface area contributed by atoms with Crippen LogP contribution in [0.5, 0.6) is 5.75 Å². The molecule has 2 rings (SSSR count). The molecular weight excluding hydrogens is 202 g/mol. The highest BCUT2D eigenvalue weighted by Crippen LogP contribution is 2.25. The summed E-state index contributed by atoms with van der Waals surface area (Å²) in [4.78, 5) is 10.9. The van der Waals surface area contributed by atoms with Crippen molar-refractivity contribution in [3.05, 3.63) is 29.3 Å². The van der Waals surface area contributed by atoms with Gasteiger partial charge in [-0.15, -0.1) is 0 Å². The summed E-state index contributed by atoms with van der Waals surface area (Å²) < 4.78 is 5.47. The van der Waals surface area contributed by atoms with Crippen molar-refractivity contribution in [3.8, 4) is 5.75 Å². The topological polar surface area (TPSA) is 52.3 Å². The summed E-state index contributed by atoms with van der Waals surface area (Å²) >= 11 is 0. The minimum absolute atomic E-state index is 0.433. The molecule has 0 fully saturated rings. The molecule has 0 heterocycles. The van der Waals surface area contributed by atoms with Crippen molar-refractivity contribution in [1.82, 2.24) is 0 Å². The van der Waals surface area contributed by atoms with Gasteiger partial charge in [0.05, 0.1) is 0 Å². The summed E-state index contributed by atoms with van der Waals surface area (Å²) in [7, 11) is 0. The average molecular weight is 219 g/mol. The lowest BCUT2D eigenvalue weighted by molar-refractivity contribution is -0.123. The Bertz CT molecular complexity index is 401. The molecule has 0 aliphatic heterocycles. The van der Waals surface area contributed by atoms with Crippen LogP contribution >= 0.6 is 0 Å². The average Bonchev–Trinajstić information content (AvgIpc) is 2.28. The summed E-state index contributed by atoms with van der Waals surface area (Å²) in [5.41, 5.74) is 7.91. The summed E-state index contributed by atoms with van der Waals surface area (Å²) in [6, 6.07) is 6.05. The molecule has 0 radical (unpaired) electrons. The van der Waals surface area contributed by atoms with Gasteiger partial charge in [0.25, 0.3) is 5.91 Å². The second-order valence-corrected chi connectivity index (χ2v) is 4.30. The number of amides is 1. The number of carbonyl (C=O) groups excluding carboxylic acids is 1. The van der Waals surface area contributed by atoms with Crippen LogP contribution in [0.3, 0.4) is 0 Å². The monoisotopic (exact) mass is 219 g/mol. The Balaban J connectivity index is 2.14. The molecule has 1 unspecified atom stereocenters. The normalized spacial score (nSPS) is 16.3. The Morgan fingerprint density at radius 2 is 2.00 bits per heavy atom. The third-order valence-corrected chi connectivity index (χ3v) is 3.03. The van der Waals surface area contributed by atoms with Crippen LogP contribution < -0.4 is 10.5 Å². The number of fused-ring (bicyclic) bond motifs is 1. The highest BCUT2D eigenvalue weighted by atomic mass is 16.5. The number of hydrogen-bond donors (Lipinski definition) is 1. The van der Waals surface area contributed by atoms with E-state index in [-0.39, 0.29) is 0 Å². The van der Waals surface area contributed by atoms with Gasteiger partial charge in [0, 0.05) is 0 Å². The van der Waals surface area contributed by atoms with Gasteiger partial charge in [-0.05, 0) is 55.9 Å². The second-order valence-electron chi connectivity index (χ2n) is 4.30. The Kier molecular flexibility index (Phi) is 3.13. The van der Waals surface area contributed by atoms with Crippen LogP contribution in [0, 0.1) is 0 Å². The highest BCUT2D eigenvalue weighted by molar-refractivity contribution is 5.78. The number of aryl methyl sites for hydroxylation is 2. The van der Waals surface area contributed by atoms with Crippen molar-refractivity contribution in [2.45, 2.75) is 38.7 Å². The van der Waals surface area contributed by atoms with E-state index >= 15 is 0 Å². The van der Waals surface area contributed by atoms with Crippen LogP contribution in [-0.2, 0) is 17.6 Å². The Morgan fingerprint density at radius 3 is 2.69 bits per heavy atom. The summed E-state index contributed by atoms with van der Waals surface area (Å²) in [5, 5.41) is 0. The van der Waals surface area contributed by atoms with Crippen LogP contribution in [0.15, 0.2) is 18.2 Å². The number of nitrogens with two attached hydrogens (primary N) is 1. The van der Waals surface area contributed by atoms with Crippen molar-refractivity contribution in [2.24, 2.45) is 5.73 Å². The molecule has 0 bridgehead atoms. The maximum atomic E-state index is 10.9. The van der Waals surface area contributed by atoms with E-state index in [4.69, 9.17) is 10.5 Å². The van der Waals surface area contributed by atoms with Crippen molar-refractivity contribution >= 4 is 5.91 Å². The van der Waals surface area contributed by atoms with Gasteiger partial charge in [0.1, 0.15) is 5.75 Å². The van der Waals surface area contributed by atoms with Crippen molar-refractivity contribution in [3.63, 3.8) is 0 Å². The molecule has 1 amide bonds. The highest BCUT2D eigenvalue weighted by Gasteiger charge is 2.13. The standard InChI is InChI=1S/C13H17NO2/c1-9(13(14)15)16-12-7-6-10-4-2-3-5-11(10)8-12/h6-9H,2-5H2,1H3,(H2,14,15). The maximum Gasteiger partial charge on any atom is 0.258 e. The molecule has 0 aromatic heterocycles. The molecule has 1 aromatic carbocycles. The fourth-order valence-corrected chi connectivity index (χ4v) is 2.05. The molecule has 2 N–H and O–H groups in total. The minimum Gasteiger partial charge on any atom is -0.481 e. The summed E-state index contributed by atoms with van der Waals surface area (Å²) in [6.07, 6.45) is 4.20. The first-order valence-electron chi connectivity index (χ1n) is 5.74. The molecule has 1 aliphatic rings. The predicted octanol–water partition coefficient (Wildman–Crippen LogP) is 1.82. The minimum atomic E-state index is -0.568. The third-order valence-electron chi connectivity index (χ3n) is 3.03. The SMILES string of the molecule is CC(Oc1ccc2c(c1)CCCC2)C(N)=O. The molecule has 3 nitrogen and oxygen atoms in total. The lowest BCUT2D eigenvalue weighted by atomic mass is 9.92. The van der Waals surface area contributed by atoms with Gasteiger partial charge < -0.3 is 10.5 Å². The van der Waals surface area contributed by atoms with E-state index in [1.807, 2.05) is 12.1 Å². The van der Waals surface area contributed by atoms with Gasteiger partial charge in [-0.25, -0.2) is 0 Å². The fourth-order valence-electron chi connectivity index (χ4n) is 2.05. The van der Waals surface area contributed by atoms with Gasteiger partial charge in [-0.1, -0.05) is 6.07 Å². The van der Waals surface area contributed by atoms with Crippen LogP contribution in [-0.4, -0.2) is 12.0 Å². The van der Waals surface area contributed by atoms with Crippen LogP contribution in [0.4, 0.5) is 0 Å². The number of primary amides is 1. The summed E-state index contributed by atoms with van der Waals surface area (Å²) in [6.45, 7) is 1.67. The third kappa shape index (κ3) is 2.35. The molecule has 3 heteroatoms. The molecule has 1 aromatic rings. The lowest BCUT2D eigenvalue weighted by Gasteiger charge is -2.18. The zero-order chi connectivity index (χ0) is 11.5. The Morgan fingerprint density at radius 1 is 1.31 bits per heavy atom. The van der Waals surface area contributed by atoms with E-state index in [9.17, 15) is 4.79 Å². The van der Waals surface area contributed by atoms with Gasteiger partial charge >= 0.3 is 0 Å². The Hall–Kier alpha value is -1.51. The van der Waals surface area contributed by atoms with E-state index in [1.54, 1.807) is 6.92 Å². The number of benzene rings is 1. The first-order valence-corrected chi connectivity index (χ1v) is 5.74. The van der Waals surface area contributed by atoms with Gasteiger partial charge in [-0.3, -0.25) is 4.79 Å². The zero-order valence-electron chi connectivity index (χ0n) is 9.53. The largest absolute Gasteiger partial charge is 0.481 e. The number of ether oxygens (including phenoxy) is 1. The molecule has 86 valence electrons. The van der Waals surface area contributed by atoms with Gasteiger partial charge in [-0.2, -0.15) is 0 Å². The summed E-state index contributed by atoms with van der Waals surface area (Å²) in [5.74, 6) is 0.310. The first-order chi connectivity index (χ1) is 7.66. The number of rotatable bonds is 3. The molecule has 0 saturated heterocycles.